The lowest BCUT2D eigenvalue weighted by Gasteiger charge is -2.36. The van der Waals surface area contributed by atoms with Crippen LogP contribution in [0.2, 0.25) is 0 Å². The number of rotatable bonds is 7. The number of amides is 1. The van der Waals surface area contributed by atoms with E-state index in [9.17, 15) is 9.59 Å². The lowest BCUT2D eigenvalue weighted by molar-refractivity contribution is -0.136. The number of hydrogen-bond donors (Lipinski definition) is 1. The first-order valence-electron chi connectivity index (χ1n) is 10.9. The van der Waals surface area contributed by atoms with Gasteiger partial charge >= 0.3 is 5.97 Å². The molecule has 33 heavy (non-hydrogen) atoms. The average molecular weight is 462 g/mol. The molecule has 0 saturated carbocycles. The van der Waals surface area contributed by atoms with Crippen molar-refractivity contribution < 1.29 is 14.3 Å². The molecule has 2 aliphatic heterocycles. The Kier molecular flexibility index (Phi) is 6.99. The molecule has 1 amide bonds. The molecular formula is C26H27N3O3S. The molecule has 1 atom stereocenters. The Morgan fingerprint density at radius 2 is 1.94 bits per heavy atom. The Hall–Kier alpha value is -3.32. The minimum absolute atomic E-state index is 0.0835. The first-order chi connectivity index (χ1) is 16.0. The van der Waals surface area contributed by atoms with Crippen LogP contribution in [0, 0.1) is 6.92 Å². The lowest BCUT2D eigenvalue weighted by Crippen LogP contribution is -2.38. The molecule has 2 heterocycles. The van der Waals surface area contributed by atoms with E-state index in [2.05, 4.69) is 11.4 Å². The van der Waals surface area contributed by atoms with Crippen molar-refractivity contribution in [3.63, 3.8) is 0 Å². The van der Waals surface area contributed by atoms with Gasteiger partial charge in [0.25, 0.3) is 0 Å². The van der Waals surface area contributed by atoms with Crippen LogP contribution in [0.25, 0.3) is 0 Å². The fourth-order valence-corrected chi connectivity index (χ4v) is 5.03. The summed E-state index contributed by atoms with van der Waals surface area (Å²) < 4.78 is 5.16. The second-order valence-electron chi connectivity index (χ2n) is 7.95. The SMILES string of the molecule is CCC1=C(C(=O)OC)[C@H](c2cccc(C)c2)N2C(CC(=O)NCc3ccccc3)=CSC2=N1. The van der Waals surface area contributed by atoms with Gasteiger partial charge < -0.3 is 15.0 Å². The number of benzene rings is 2. The molecule has 2 aromatic carbocycles. The second kappa shape index (κ2) is 10.1. The number of ether oxygens (including phenoxy) is 1. The summed E-state index contributed by atoms with van der Waals surface area (Å²) in [6, 6.07) is 17.5. The number of hydrogen-bond acceptors (Lipinski definition) is 6. The zero-order valence-electron chi connectivity index (χ0n) is 19.0. The summed E-state index contributed by atoms with van der Waals surface area (Å²) in [6.07, 6.45) is 0.800. The first-order valence-corrected chi connectivity index (χ1v) is 11.8. The highest BCUT2D eigenvalue weighted by atomic mass is 32.2. The normalized spacial score (nSPS) is 17.3. The molecule has 0 radical (unpaired) electrons. The van der Waals surface area contributed by atoms with Crippen LogP contribution in [-0.2, 0) is 20.9 Å². The van der Waals surface area contributed by atoms with Gasteiger partial charge in [-0.15, -0.1) is 0 Å². The highest BCUT2D eigenvalue weighted by Gasteiger charge is 2.41. The number of carbonyl (C=O) groups is 2. The minimum Gasteiger partial charge on any atom is -0.466 e. The van der Waals surface area contributed by atoms with E-state index in [1.165, 1.54) is 18.9 Å². The molecule has 170 valence electrons. The van der Waals surface area contributed by atoms with Gasteiger partial charge in [-0.25, -0.2) is 9.79 Å². The number of nitrogens with one attached hydrogen (secondary N) is 1. The third-order valence-electron chi connectivity index (χ3n) is 5.66. The third kappa shape index (κ3) is 4.88. The number of esters is 1. The Balaban J connectivity index is 1.64. The molecule has 0 saturated heterocycles. The number of carbonyl (C=O) groups excluding carboxylic acids is 2. The summed E-state index contributed by atoms with van der Waals surface area (Å²) in [5.74, 6) is -0.481. The van der Waals surface area contributed by atoms with E-state index in [4.69, 9.17) is 9.73 Å². The highest BCUT2D eigenvalue weighted by molar-refractivity contribution is 8.16. The molecule has 0 spiro atoms. The predicted octanol–water partition coefficient (Wildman–Crippen LogP) is 4.84. The topological polar surface area (TPSA) is 71.0 Å². The standard InChI is InChI=1S/C26H27N3O3S/c1-4-21-23(25(31)32-3)24(19-12-8-9-17(2)13-19)29-20(16-33-26(29)28-21)14-22(30)27-15-18-10-6-5-7-11-18/h5-13,16,24H,4,14-15H2,1-3H3,(H,27,30)/t24-/m0/s1. The van der Waals surface area contributed by atoms with Crippen LogP contribution in [0.3, 0.4) is 0 Å². The molecule has 2 aliphatic rings. The fourth-order valence-electron chi connectivity index (χ4n) is 4.09. The fraction of sp³-hybridized carbons (Fsp3) is 0.269. The van der Waals surface area contributed by atoms with Crippen LogP contribution in [0.1, 0.15) is 42.5 Å². The molecule has 2 aromatic rings. The molecule has 0 bridgehead atoms. The van der Waals surface area contributed by atoms with Crippen molar-refractivity contribution in [2.45, 2.75) is 39.3 Å². The Morgan fingerprint density at radius 1 is 1.15 bits per heavy atom. The van der Waals surface area contributed by atoms with Gasteiger partial charge in [0.1, 0.15) is 0 Å². The van der Waals surface area contributed by atoms with Crippen LogP contribution < -0.4 is 5.32 Å². The van der Waals surface area contributed by atoms with Crippen molar-refractivity contribution in [2.75, 3.05) is 7.11 Å². The van der Waals surface area contributed by atoms with E-state index < -0.39 is 12.0 Å². The van der Waals surface area contributed by atoms with Crippen molar-refractivity contribution >= 4 is 28.8 Å². The Labute approximate surface area is 198 Å². The summed E-state index contributed by atoms with van der Waals surface area (Å²) in [6.45, 7) is 4.47. The quantitative estimate of drug-likeness (QED) is 0.598. The van der Waals surface area contributed by atoms with E-state index in [0.29, 0.717) is 18.5 Å². The Morgan fingerprint density at radius 3 is 2.64 bits per heavy atom. The zero-order valence-corrected chi connectivity index (χ0v) is 19.8. The first kappa shape index (κ1) is 22.9. The largest absolute Gasteiger partial charge is 0.466 e. The van der Waals surface area contributed by atoms with Crippen molar-refractivity contribution in [2.24, 2.45) is 4.99 Å². The highest BCUT2D eigenvalue weighted by Crippen LogP contribution is 2.45. The minimum atomic E-state index is -0.400. The molecule has 4 rings (SSSR count). The van der Waals surface area contributed by atoms with Gasteiger partial charge in [0.05, 0.1) is 30.8 Å². The predicted molar refractivity (Wildman–Crippen MR) is 131 cm³/mol. The molecule has 1 N–H and O–H groups in total. The van der Waals surface area contributed by atoms with E-state index in [-0.39, 0.29) is 12.3 Å². The van der Waals surface area contributed by atoms with Gasteiger partial charge in [-0.3, -0.25) is 4.79 Å². The maximum atomic E-state index is 12.9. The van der Waals surface area contributed by atoms with Crippen LogP contribution in [0.4, 0.5) is 0 Å². The molecule has 6 nitrogen and oxygen atoms in total. The van der Waals surface area contributed by atoms with Gasteiger partial charge in [-0.1, -0.05) is 78.8 Å². The second-order valence-corrected chi connectivity index (χ2v) is 8.79. The molecular weight excluding hydrogens is 434 g/mol. The zero-order chi connectivity index (χ0) is 23.4. The number of nitrogens with zero attached hydrogens (tertiary/aromatic N) is 2. The number of aryl methyl sites for hydroxylation is 1. The van der Waals surface area contributed by atoms with Gasteiger partial charge in [0.15, 0.2) is 5.17 Å². The smallest absolute Gasteiger partial charge is 0.338 e. The monoisotopic (exact) mass is 461 g/mol. The van der Waals surface area contributed by atoms with E-state index in [1.54, 1.807) is 0 Å². The third-order valence-corrected chi connectivity index (χ3v) is 6.55. The molecule has 0 fully saturated rings. The molecule has 0 aromatic heterocycles. The van der Waals surface area contributed by atoms with Gasteiger partial charge in [-0.2, -0.15) is 0 Å². The average Bonchev–Trinajstić information content (AvgIpc) is 3.23. The molecule has 7 heteroatoms. The number of allylic oxidation sites excluding steroid dienone is 1. The van der Waals surface area contributed by atoms with Crippen LogP contribution in [-0.4, -0.2) is 29.1 Å². The van der Waals surface area contributed by atoms with Crippen molar-refractivity contribution in [1.82, 2.24) is 10.2 Å². The number of amidine groups is 1. The number of methoxy groups -OCH3 is 1. The summed E-state index contributed by atoms with van der Waals surface area (Å²) in [5.41, 5.74) is 5.15. The molecule has 0 aliphatic carbocycles. The van der Waals surface area contributed by atoms with E-state index in [1.807, 2.05) is 72.7 Å². The number of thioether (sulfide) groups is 1. The van der Waals surface area contributed by atoms with Crippen molar-refractivity contribution in [1.29, 1.82) is 0 Å². The summed E-state index contributed by atoms with van der Waals surface area (Å²) >= 11 is 1.48. The van der Waals surface area contributed by atoms with Crippen LogP contribution in [0.5, 0.6) is 0 Å². The number of fused-ring (bicyclic) bond motifs is 1. The van der Waals surface area contributed by atoms with Gasteiger partial charge in [-0.05, 0) is 29.9 Å². The lowest BCUT2D eigenvalue weighted by atomic mass is 9.92. The number of aliphatic imine (C=N–C) groups is 1. The summed E-state index contributed by atoms with van der Waals surface area (Å²) in [7, 11) is 1.39. The maximum Gasteiger partial charge on any atom is 0.338 e. The van der Waals surface area contributed by atoms with Gasteiger partial charge in [0.2, 0.25) is 5.91 Å². The Bertz CT molecular complexity index is 1150. The van der Waals surface area contributed by atoms with Crippen LogP contribution >= 0.6 is 11.8 Å². The van der Waals surface area contributed by atoms with Crippen LogP contribution in [0.15, 0.2) is 82.0 Å². The molecule has 0 unspecified atom stereocenters. The summed E-state index contributed by atoms with van der Waals surface area (Å²) in [5, 5.41) is 5.72. The maximum absolute atomic E-state index is 12.9. The van der Waals surface area contributed by atoms with E-state index in [0.717, 1.165) is 33.3 Å². The van der Waals surface area contributed by atoms with Crippen molar-refractivity contribution in [3.8, 4) is 0 Å². The van der Waals surface area contributed by atoms with Crippen molar-refractivity contribution in [3.05, 3.63) is 93.7 Å². The summed E-state index contributed by atoms with van der Waals surface area (Å²) in [4.78, 5) is 32.5. The van der Waals surface area contributed by atoms with E-state index >= 15 is 0 Å². The van der Waals surface area contributed by atoms with Gasteiger partial charge in [0, 0.05) is 12.2 Å².